The van der Waals surface area contributed by atoms with Crippen molar-refractivity contribution in [1.82, 2.24) is 0 Å². The third-order valence-electron chi connectivity index (χ3n) is 3.40. The van der Waals surface area contributed by atoms with E-state index >= 15 is 0 Å². The van der Waals surface area contributed by atoms with E-state index in [4.69, 9.17) is 4.74 Å². The Bertz CT molecular complexity index is 515. The molecule has 1 amide bonds. The van der Waals surface area contributed by atoms with Gasteiger partial charge in [0.2, 0.25) is 5.91 Å². The van der Waals surface area contributed by atoms with Crippen molar-refractivity contribution in [2.24, 2.45) is 0 Å². The zero-order valence-electron chi connectivity index (χ0n) is 14.6. The summed E-state index contributed by atoms with van der Waals surface area (Å²) in [5, 5.41) is 3.04. The van der Waals surface area contributed by atoms with Crippen LogP contribution in [0.5, 0.6) is 0 Å². The zero-order valence-corrected chi connectivity index (χ0v) is 15.5. The smallest absolute Gasteiger partial charge is 0.315 e. The van der Waals surface area contributed by atoms with Crippen LogP contribution in [0.3, 0.4) is 0 Å². The topological polar surface area (TPSA) is 55.4 Å². The molecule has 0 saturated heterocycles. The molecule has 0 aliphatic heterocycles. The van der Waals surface area contributed by atoms with Gasteiger partial charge < -0.3 is 10.1 Å². The minimum absolute atomic E-state index is 0.0886. The highest BCUT2D eigenvalue weighted by Crippen LogP contribution is 2.32. The van der Waals surface area contributed by atoms with E-state index in [-0.39, 0.29) is 23.4 Å². The number of hydrogen-bond acceptors (Lipinski definition) is 4. The molecule has 0 saturated carbocycles. The number of para-hydroxylation sites is 1. The summed E-state index contributed by atoms with van der Waals surface area (Å²) < 4.78 is 4.85. The Hall–Kier alpha value is -1.49. The molecule has 5 heteroatoms. The number of anilines is 1. The molecule has 0 aromatic heterocycles. The first-order chi connectivity index (χ1) is 10.9. The first-order valence-corrected chi connectivity index (χ1v) is 9.18. The van der Waals surface area contributed by atoms with Gasteiger partial charge in [0.15, 0.2) is 0 Å². The van der Waals surface area contributed by atoms with E-state index in [1.54, 1.807) is 6.92 Å². The first kappa shape index (κ1) is 19.6. The quantitative estimate of drug-likeness (QED) is 0.723. The van der Waals surface area contributed by atoms with E-state index in [0.29, 0.717) is 18.4 Å². The number of benzene rings is 1. The fourth-order valence-corrected chi connectivity index (χ4v) is 2.91. The lowest BCUT2D eigenvalue weighted by molar-refractivity contribution is -0.139. The van der Waals surface area contributed by atoms with E-state index in [1.807, 2.05) is 6.07 Å². The van der Waals surface area contributed by atoms with Crippen LogP contribution in [0, 0.1) is 0 Å². The molecule has 23 heavy (non-hydrogen) atoms. The molecule has 1 rings (SSSR count). The fourth-order valence-electron chi connectivity index (χ4n) is 2.30. The molecule has 0 aliphatic carbocycles. The summed E-state index contributed by atoms with van der Waals surface area (Å²) >= 11 is 1.27. The second-order valence-electron chi connectivity index (χ2n) is 5.97. The average molecular weight is 337 g/mol. The van der Waals surface area contributed by atoms with Gasteiger partial charge in [-0.05, 0) is 29.9 Å². The highest BCUT2D eigenvalue weighted by molar-refractivity contribution is 8.00. The lowest BCUT2D eigenvalue weighted by Crippen LogP contribution is -2.19. The Kier molecular flexibility index (Phi) is 8.17. The summed E-state index contributed by atoms with van der Waals surface area (Å²) in [6, 6.07) is 6.14. The number of rotatable bonds is 8. The van der Waals surface area contributed by atoms with E-state index in [9.17, 15) is 9.59 Å². The Morgan fingerprint density at radius 2 is 1.65 bits per heavy atom. The van der Waals surface area contributed by atoms with Gasteiger partial charge in [-0.1, -0.05) is 45.9 Å². The minimum atomic E-state index is -0.282. The van der Waals surface area contributed by atoms with Gasteiger partial charge in [0, 0.05) is 5.69 Å². The molecule has 4 nitrogen and oxygen atoms in total. The van der Waals surface area contributed by atoms with E-state index in [0.717, 1.165) is 16.8 Å². The lowest BCUT2D eigenvalue weighted by atomic mass is 9.92. The van der Waals surface area contributed by atoms with Crippen molar-refractivity contribution in [1.29, 1.82) is 0 Å². The number of thioether (sulfide) groups is 1. The molecule has 1 aromatic rings. The summed E-state index contributed by atoms with van der Waals surface area (Å²) in [6.45, 7) is 10.6. The van der Waals surface area contributed by atoms with Crippen LogP contribution in [0.15, 0.2) is 18.2 Å². The monoisotopic (exact) mass is 337 g/mol. The standard InChI is InChI=1S/C18H27NO3S/c1-6-22-17(21)11-23-10-16(20)19-18-14(12(2)3)8-7-9-15(18)13(4)5/h7-9,12-13H,6,10-11H2,1-5H3,(H,19,20). The van der Waals surface area contributed by atoms with Crippen molar-refractivity contribution >= 4 is 29.3 Å². The normalized spacial score (nSPS) is 10.9. The molecule has 0 spiro atoms. The van der Waals surface area contributed by atoms with E-state index in [1.165, 1.54) is 11.8 Å². The Morgan fingerprint density at radius 1 is 1.09 bits per heavy atom. The first-order valence-electron chi connectivity index (χ1n) is 8.02. The molecule has 0 heterocycles. The maximum atomic E-state index is 12.2. The second-order valence-corrected chi connectivity index (χ2v) is 6.95. The van der Waals surface area contributed by atoms with E-state index in [2.05, 4.69) is 45.1 Å². The highest BCUT2D eigenvalue weighted by atomic mass is 32.2. The number of nitrogens with one attached hydrogen (secondary N) is 1. The van der Waals surface area contributed by atoms with Crippen LogP contribution < -0.4 is 5.32 Å². The molecule has 0 unspecified atom stereocenters. The minimum Gasteiger partial charge on any atom is -0.465 e. The lowest BCUT2D eigenvalue weighted by Gasteiger charge is -2.20. The van der Waals surface area contributed by atoms with Crippen LogP contribution in [0.25, 0.3) is 0 Å². The van der Waals surface area contributed by atoms with Crippen molar-refractivity contribution in [3.63, 3.8) is 0 Å². The third kappa shape index (κ3) is 6.26. The Balaban J connectivity index is 2.75. The summed E-state index contributed by atoms with van der Waals surface area (Å²) in [7, 11) is 0. The summed E-state index contributed by atoms with van der Waals surface area (Å²) in [5.74, 6) is 0.727. The Morgan fingerprint density at radius 3 is 2.13 bits per heavy atom. The van der Waals surface area contributed by atoms with Crippen LogP contribution in [0.1, 0.15) is 57.6 Å². The van der Waals surface area contributed by atoms with E-state index < -0.39 is 0 Å². The summed E-state index contributed by atoms with van der Waals surface area (Å²) in [4.78, 5) is 23.5. The summed E-state index contributed by atoms with van der Waals surface area (Å²) in [6.07, 6.45) is 0. The Labute approximate surface area is 143 Å². The van der Waals surface area contributed by atoms with Gasteiger partial charge >= 0.3 is 5.97 Å². The number of hydrogen-bond donors (Lipinski definition) is 1. The zero-order chi connectivity index (χ0) is 17.4. The third-order valence-corrected chi connectivity index (χ3v) is 4.30. The maximum absolute atomic E-state index is 12.2. The van der Waals surface area contributed by atoms with Crippen molar-refractivity contribution in [3.8, 4) is 0 Å². The van der Waals surface area contributed by atoms with Gasteiger partial charge in [-0.2, -0.15) is 0 Å². The number of carbonyl (C=O) groups is 2. The fraction of sp³-hybridized carbons (Fsp3) is 0.556. The van der Waals surface area contributed by atoms with Gasteiger partial charge in [0.05, 0.1) is 18.1 Å². The molecular formula is C18H27NO3S. The molecule has 1 aromatic carbocycles. The number of ether oxygens (including phenoxy) is 1. The average Bonchev–Trinajstić information content (AvgIpc) is 2.47. The van der Waals surface area contributed by atoms with Crippen molar-refractivity contribution < 1.29 is 14.3 Å². The maximum Gasteiger partial charge on any atom is 0.315 e. The van der Waals surface area contributed by atoms with Crippen LogP contribution in [0.4, 0.5) is 5.69 Å². The molecule has 0 bridgehead atoms. The number of amides is 1. The highest BCUT2D eigenvalue weighted by Gasteiger charge is 2.16. The van der Waals surface area contributed by atoms with Gasteiger partial charge in [0.1, 0.15) is 0 Å². The molecule has 1 N–H and O–H groups in total. The predicted octanol–water partition coefficient (Wildman–Crippen LogP) is 4.17. The van der Waals surface area contributed by atoms with Crippen molar-refractivity contribution in [3.05, 3.63) is 29.3 Å². The van der Waals surface area contributed by atoms with Crippen LogP contribution in [0.2, 0.25) is 0 Å². The molecule has 0 aliphatic rings. The molecule has 0 fully saturated rings. The second kappa shape index (κ2) is 9.60. The van der Waals surface area contributed by atoms with Gasteiger partial charge in [-0.15, -0.1) is 11.8 Å². The van der Waals surface area contributed by atoms with Crippen LogP contribution in [-0.4, -0.2) is 30.0 Å². The predicted molar refractivity (Wildman–Crippen MR) is 97.2 cm³/mol. The number of esters is 1. The SMILES string of the molecule is CCOC(=O)CSCC(=O)Nc1c(C(C)C)cccc1C(C)C. The molecular weight excluding hydrogens is 310 g/mol. The van der Waals surface area contributed by atoms with Crippen LogP contribution >= 0.6 is 11.8 Å². The van der Waals surface area contributed by atoms with Crippen molar-refractivity contribution in [2.75, 3.05) is 23.4 Å². The molecule has 128 valence electrons. The number of carbonyl (C=O) groups excluding carboxylic acids is 2. The molecule has 0 atom stereocenters. The molecule has 0 radical (unpaired) electrons. The van der Waals surface area contributed by atoms with Gasteiger partial charge in [-0.3, -0.25) is 9.59 Å². The van der Waals surface area contributed by atoms with Crippen LogP contribution in [-0.2, 0) is 14.3 Å². The van der Waals surface area contributed by atoms with Crippen molar-refractivity contribution in [2.45, 2.75) is 46.5 Å². The summed E-state index contributed by atoms with van der Waals surface area (Å²) in [5.41, 5.74) is 3.19. The van der Waals surface area contributed by atoms with Gasteiger partial charge in [0.25, 0.3) is 0 Å². The largest absolute Gasteiger partial charge is 0.465 e. The van der Waals surface area contributed by atoms with Gasteiger partial charge in [-0.25, -0.2) is 0 Å².